The number of H-pyrrole nitrogens is 1. The topological polar surface area (TPSA) is 65.6 Å². The molecule has 0 radical (unpaired) electrons. The second-order valence-corrected chi connectivity index (χ2v) is 8.53. The molecule has 1 aliphatic rings. The monoisotopic (exact) mass is 406 g/mol. The molecule has 1 fully saturated rings. The lowest BCUT2D eigenvalue weighted by Crippen LogP contribution is -2.38. The normalized spacial score (nSPS) is 19.6. The summed E-state index contributed by atoms with van der Waals surface area (Å²) in [5.74, 6) is 0.891. The summed E-state index contributed by atoms with van der Waals surface area (Å²) in [4.78, 5) is 18.0. The molecule has 1 amide bonds. The third-order valence-electron chi connectivity index (χ3n) is 6.27. The van der Waals surface area contributed by atoms with Gasteiger partial charge >= 0.3 is 0 Å². The zero-order valence-electron chi connectivity index (χ0n) is 17.8. The van der Waals surface area contributed by atoms with Crippen molar-refractivity contribution < 1.29 is 14.6 Å². The maximum absolute atomic E-state index is 12.9. The summed E-state index contributed by atoms with van der Waals surface area (Å²) >= 11 is 0. The van der Waals surface area contributed by atoms with E-state index in [-0.39, 0.29) is 12.5 Å². The van der Waals surface area contributed by atoms with Gasteiger partial charge in [0.05, 0.1) is 6.42 Å². The van der Waals surface area contributed by atoms with E-state index in [1.165, 1.54) is 11.1 Å². The molecule has 1 unspecified atom stereocenters. The van der Waals surface area contributed by atoms with Crippen LogP contribution in [-0.2, 0) is 11.2 Å². The lowest BCUT2D eigenvalue weighted by molar-refractivity contribution is -0.130. The number of ether oxygens (including phenoxy) is 1. The molecular formula is C25H30N2O3. The molecule has 5 nitrogen and oxygen atoms in total. The molecule has 2 aromatic carbocycles. The van der Waals surface area contributed by atoms with Crippen LogP contribution in [0, 0.1) is 13.8 Å². The first-order valence-electron chi connectivity index (χ1n) is 10.7. The molecule has 30 heavy (non-hydrogen) atoms. The Morgan fingerprint density at radius 3 is 2.80 bits per heavy atom. The van der Waals surface area contributed by atoms with Crippen molar-refractivity contribution in [3.8, 4) is 5.75 Å². The molecule has 158 valence electrons. The SMILES string of the molecule is Cc1ccc(OCC2(O)CCCN(C(=O)Cc3c[nH]c4ccccc34)CC2)cc1C. The Morgan fingerprint density at radius 2 is 1.97 bits per heavy atom. The van der Waals surface area contributed by atoms with Gasteiger partial charge in [-0.05, 0) is 68.0 Å². The van der Waals surface area contributed by atoms with E-state index in [1.54, 1.807) is 0 Å². The lowest BCUT2D eigenvalue weighted by Gasteiger charge is -2.27. The minimum absolute atomic E-state index is 0.110. The van der Waals surface area contributed by atoms with Crippen LogP contribution in [0.1, 0.15) is 36.0 Å². The number of para-hydroxylation sites is 1. The number of likely N-dealkylation sites (tertiary alicyclic amines) is 1. The number of fused-ring (bicyclic) bond motifs is 1. The molecule has 2 N–H and O–H groups in total. The molecule has 0 spiro atoms. The Hall–Kier alpha value is -2.79. The van der Waals surface area contributed by atoms with Gasteiger partial charge in [-0.25, -0.2) is 0 Å². The highest BCUT2D eigenvalue weighted by Crippen LogP contribution is 2.26. The highest BCUT2D eigenvalue weighted by atomic mass is 16.5. The number of carbonyl (C=O) groups is 1. The standard InChI is InChI=1S/C25H30N2O3/c1-18-8-9-21(14-19(18)2)30-17-25(29)10-5-12-27(13-11-25)24(28)15-20-16-26-23-7-4-3-6-22(20)23/h3-4,6-9,14,16,26,29H,5,10-13,15,17H2,1-2H3. The van der Waals surface area contributed by atoms with E-state index in [0.29, 0.717) is 32.4 Å². The molecule has 0 aliphatic carbocycles. The van der Waals surface area contributed by atoms with Gasteiger partial charge in [-0.3, -0.25) is 4.79 Å². The highest BCUT2D eigenvalue weighted by molar-refractivity contribution is 5.88. The number of amides is 1. The van der Waals surface area contributed by atoms with Crippen LogP contribution in [0.3, 0.4) is 0 Å². The summed E-state index contributed by atoms with van der Waals surface area (Å²) in [6, 6.07) is 14.0. The van der Waals surface area contributed by atoms with Crippen molar-refractivity contribution >= 4 is 16.8 Å². The van der Waals surface area contributed by atoms with Crippen LogP contribution in [-0.4, -0.2) is 46.2 Å². The number of aliphatic hydroxyl groups is 1. The minimum Gasteiger partial charge on any atom is -0.491 e. The summed E-state index contributed by atoms with van der Waals surface area (Å²) < 4.78 is 5.91. The number of carbonyl (C=O) groups excluding carboxylic acids is 1. The number of hydrogen-bond donors (Lipinski definition) is 2. The zero-order chi connectivity index (χ0) is 21.1. The van der Waals surface area contributed by atoms with Gasteiger partial charge in [0.1, 0.15) is 18.0 Å². The number of hydrogen-bond acceptors (Lipinski definition) is 3. The van der Waals surface area contributed by atoms with Crippen LogP contribution in [0.25, 0.3) is 10.9 Å². The van der Waals surface area contributed by atoms with Gasteiger partial charge in [0, 0.05) is 30.2 Å². The third kappa shape index (κ3) is 4.51. The predicted octanol–water partition coefficient (Wildman–Crippen LogP) is 4.15. The smallest absolute Gasteiger partial charge is 0.227 e. The average Bonchev–Trinajstić information content (AvgIpc) is 3.03. The van der Waals surface area contributed by atoms with Crippen molar-refractivity contribution in [2.75, 3.05) is 19.7 Å². The molecular weight excluding hydrogens is 376 g/mol. The quantitative estimate of drug-likeness (QED) is 0.669. The molecule has 4 rings (SSSR count). The van der Waals surface area contributed by atoms with Crippen LogP contribution in [0.15, 0.2) is 48.7 Å². The van der Waals surface area contributed by atoms with Crippen LogP contribution in [0.5, 0.6) is 5.75 Å². The fourth-order valence-electron chi connectivity index (χ4n) is 4.15. The van der Waals surface area contributed by atoms with Crippen LogP contribution >= 0.6 is 0 Å². The summed E-state index contributed by atoms with van der Waals surface area (Å²) in [6.45, 7) is 5.60. The molecule has 0 saturated carbocycles. The molecule has 3 aromatic rings. The van der Waals surface area contributed by atoms with Crippen LogP contribution < -0.4 is 4.74 Å². The van der Waals surface area contributed by atoms with E-state index >= 15 is 0 Å². The van der Waals surface area contributed by atoms with E-state index in [9.17, 15) is 9.90 Å². The van der Waals surface area contributed by atoms with Crippen molar-refractivity contribution in [2.24, 2.45) is 0 Å². The summed E-state index contributed by atoms with van der Waals surface area (Å²) in [6.07, 6.45) is 4.23. The second kappa shape index (κ2) is 8.52. The largest absolute Gasteiger partial charge is 0.491 e. The molecule has 1 atom stereocenters. The first-order chi connectivity index (χ1) is 14.4. The van der Waals surface area contributed by atoms with E-state index in [2.05, 4.69) is 18.8 Å². The minimum atomic E-state index is -0.908. The predicted molar refractivity (Wildman–Crippen MR) is 119 cm³/mol. The van der Waals surface area contributed by atoms with Crippen molar-refractivity contribution in [2.45, 2.75) is 45.1 Å². The fourth-order valence-corrected chi connectivity index (χ4v) is 4.15. The lowest BCUT2D eigenvalue weighted by atomic mass is 9.96. The Morgan fingerprint density at radius 1 is 1.13 bits per heavy atom. The number of benzene rings is 2. The van der Waals surface area contributed by atoms with Crippen molar-refractivity contribution in [3.63, 3.8) is 0 Å². The molecule has 1 aliphatic heterocycles. The van der Waals surface area contributed by atoms with Gasteiger partial charge in [-0.2, -0.15) is 0 Å². The van der Waals surface area contributed by atoms with Crippen molar-refractivity contribution in [3.05, 3.63) is 65.4 Å². The maximum Gasteiger partial charge on any atom is 0.227 e. The van der Waals surface area contributed by atoms with Crippen LogP contribution in [0.4, 0.5) is 0 Å². The molecule has 5 heteroatoms. The molecule has 1 saturated heterocycles. The first-order valence-corrected chi connectivity index (χ1v) is 10.7. The van der Waals surface area contributed by atoms with Gasteiger partial charge in [0.25, 0.3) is 0 Å². The van der Waals surface area contributed by atoms with E-state index < -0.39 is 5.60 Å². The molecule has 1 aromatic heterocycles. The number of rotatable bonds is 5. The number of nitrogens with one attached hydrogen (secondary N) is 1. The van der Waals surface area contributed by atoms with Gasteiger partial charge in [0.2, 0.25) is 5.91 Å². The Kier molecular flexibility index (Phi) is 5.82. The van der Waals surface area contributed by atoms with Crippen molar-refractivity contribution in [1.29, 1.82) is 0 Å². The highest BCUT2D eigenvalue weighted by Gasteiger charge is 2.32. The van der Waals surface area contributed by atoms with E-state index in [1.807, 2.05) is 53.6 Å². The van der Waals surface area contributed by atoms with E-state index in [4.69, 9.17) is 4.74 Å². The Bertz CT molecular complexity index is 1040. The number of aryl methyl sites for hydroxylation is 2. The van der Waals surface area contributed by atoms with Crippen LogP contribution in [0.2, 0.25) is 0 Å². The Labute approximate surface area is 177 Å². The van der Waals surface area contributed by atoms with E-state index in [0.717, 1.165) is 28.6 Å². The van der Waals surface area contributed by atoms with Gasteiger partial charge in [-0.15, -0.1) is 0 Å². The number of aromatic amines is 1. The fraction of sp³-hybridized carbons (Fsp3) is 0.400. The molecule has 0 bridgehead atoms. The van der Waals surface area contributed by atoms with Gasteiger partial charge < -0.3 is 19.7 Å². The number of nitrogens with zero attached hydrogens (tertiary/aromatic N) is 1. The van der Waals surface area contributed by atoms with Gasteiger partial charge in [-0.1, -0.05) is 24.3 Å². The maximum atomic E-state index is 12.9. The second-order valence-electron chi connectivity index (χ2n) is 8.53. The third-order valence-corrected chi connectivity index (χ3v) is 6.27. The molecule has 2 heterocycles. The Balaban J connectivity index is 1.35. The average molecular weight is 407 g/mol. The van der Waals surface area contributed by atoms with Gasteiger partial charge in [0.15, 0.2) is 0 Å². The number of aromatic nitrogens is 1. The zero-order valence-corrected chi connectivity index (χ0v) is 17.8. The summed E-state index contributed by atoms with van der Waals surface area (Å²) in [5, 5.41) is 12.2. The summed E-state index contributed by atoms with van der Waals surface area (Å²) in [5.41, 5.74) is 3.56. The summed E-state index contributed by atoms with van der Waals surface area (Å²) in [7, 11) is 0. The van der Waals surface area contributed by atoms with Crippen molar-refractivity contribution in [1.82, 2.24) is 9.88 Å². The first kappa shape index (κ1) is 20.5.